The fraction of sp³-hybridized carbons (Fsp3) is 0.963. The summed E-state index contributed by atoms with van der Waals surface area (Å²) in [7, 11) is -2.10. The van der Waals surface area contributed by atoms with Crippen molar-refractivity contribution in [2.75, 3.05) is 6.61 Å². The molecule has 0 aromatic heterocycles. The summed E-state index contributed by atoms with van der Waals surface area (Å²) < 4.78 is 6.23. The third-order valence-electron chi connectivity index (χ3n) is 11.6. The first-order valence-electron chi connectivity index (χ1n) is 13.3. The molecule has 190 valence electrons. The molecular weight excluding hydrogens is 432 g/mol. The molecular formula is C27H48O5Si. The van der Waals surface area contributed by atoms with Gasteiger partial charge in [-0.3, -0.25) is 4.79 Å². The monoisotopic (exact) mass is 480 g/mol. The Balaban J connectivity index is 1.56. The van der Waals surface area contributed by atoms with E-state index < -0.39 is 25.4 Å². The van der Waals surface area contributed by atoms with Gasteiger partial charge in [0.15, 0.2) is 14.1 Å². The number of rotatable bonds is 4. The van der Waals surface area contributed by atoms with Gasteiger partial charge in [-0.25, -0.2) is 0 Å². The lowest BCUT2D eigenvalue weighted by Crippen LogP contribution is -2.63. The van der Waals surface area contributed by atoms with Crippen molar-refractivity contribution in [3.8, 4) is 0 Å². The van der Waals surface area contributed by atoms with Gasteiger partial charge in [0.2, 0.25) is 0 Å². The SMILES string of the molecule is CC(C)(C)[Si](C)(C)OCC(=O)[C@@]1(O)CC[C@H]2[C@@H]3CC[C@H]4C[C@H](O)CC[C@]4(C)[C@H]3[C@@H](O)C[C@@]21C. The van der Waals surface area contributed by atoms with E-state index in [-0.39, 0.29) is 40.8 Å². The van der Waals surface area contributed by atoms with E-state index in [0.29, 0.717) is 24.7 Å². The Hall–Kier alpha value is -0.273. The van der Waals surface area contributed by atoms with Crippen molar-refractivity contribution in [3.63, 3.8) is 0 Å². The highest BCUT2D eigenvalue weighted by molar-refractivity contribution is 6.74. The highest BCUT2D eigenvalue weighted by Gasteiger charge is 2.68. The van der Waals surface area contributed by atoms with E-state index in [1.807, 2.05) is 0 Å². The average molecular weight is 481 g/mol. The molecule has 4 aliphatic carbocycles. The van der Waals surface area contributed by atoms with Crippen molar-refractivity contribution in [2.45, 2.75) is 122 Å². The van der Waals surface area contributed by atoms with Crippen LogP contribution < -0.4 is 0 Å². The summed E-state index contributed by atoms with van der Waals surface area (Å²) >= 11 is 0. The van der Waals surface area contributed by atoms with Crippen molar-refractivity contribution in [2.24, 2.45) is 34.5 Å². The molecule has 0 aliphatic heterocycles. The Bertz CT molecular complexity index is 777. The van der Waals surface area contributed by atoms with Crippen molar-refractivity contribution in [1.29, 1.82) is 0 Å². The summed E-state index contributed by atoms with van der Waals surface area (Å²) in [5.41, 5.74) is -2.00. The van der Waals surface area contributed by atoms with E-state index in [0.717, 1.165) is 38.5 Å². The largest absolute Gasteiger partial charge is 0.409 e. The van der Waals surface area contributed by atoms with E-state index in [2.05, 4.69) is 47.7 Å². The minimum Gasteiger partial charge on any atom is -0.409 e. The Morgan fingerprint density at radius 1 is 1.06 bits per heavy atom. The van der Waals surface area contributed by atoms with Crippen LogP contribution in [-0.2, 0) is 9.22 Å². The number of carbonyl (C=O) groups excluding carboxylic acids is 1. The first kappa shape index (κ1) is 25.8. The first-order valence-corrected chi connectivity index (χ1v) is 16.2. The molecule has 9 atom stereocenters. The number of ketones is 1. The van der Waals surface area contributed by atoms with Crippen molar-refractivity contribution in [3.05, 3.63) is 0 Å². The minimum absolute atomic E-state index is 0.00786. The quantitative estimate of drug-likeness (QED) is 0.509. The predicted octanol–water partition coefficient (Wildman–Crippen LogP) is 4.68. The molecule has 4 fully saturated rings. The summed E-state index contributed by atoms with van der Waals surface area (Å²) in [5.74, 6) is 1.04. The summed E-state index contributed by atoms with van der Waals surface area (Å²) in [6.45, 7) is 15.1. The molecule has 0 heterocycles. The van der Waals surface area contributed by atoms with Gasteiger partial charge in [-0.2, -0.15) is 0 Å². The van der Waals surface area contributed by atoms with Crippen LogP contribution in [-0.4, -0.2) is 53.8 Å². The summed E-state index contributed by atoms with van der Waals surface area (Å²) in [5, 5.41) is 33.7. The van der Waals surface area contributed by atoms with E-state index in [1.165, 1.54) is 0 Å². The Morgan fingerprint density at radius 3 is 2.36 bits per heavy atom. The van der Waals surface area contributed by atoms with Gasteiger partial charge in [0.1, 0.15) is 5.60 Å². The Morgan fingerprint density at radius 2 is 1.73 bits per heavy atom. The van der Waals surface area contributed by atoms with Gasteiger partial charge in [0.05, 0.1) is 18.8 Å². The molecule has 6 heteroatoms. The van der Waals surface area contributed by atoms with E-state index >= 15 is 0 Å². The smallest absolute Gasteiger partial charge is 0.192 e. The van der Waals surface area contributed by atoms with Crippen LogP contribution in [0.15, 0.2) is 0 Å². The maximum Gasteiger partial charge on any atom is 0.192 e. The second-order valence-corrected chi connectivity index (χ2v) is 18.9. The van der Waals surface area contributed by atoms with Gasteiger partial charge in [0, 0.05) is 5.41 Å². The van der Waals surface area contributed by atoms with Gasteiger partial charge < -0.3 is 19.7 Å². The molecule has 33 heavy (non-hydrogen) atoms. The standard InChI is InChI=1S/C27H48O5Si/c1-24(2,3)33(6,7)32-16-22(30)27(31)13-11-20-19-9-8-17-14-18(28)10-12-25(17,4)23(19)21(29)15-26(20,27)5/h17-21,23,28-29,31H,8-16H2,1-7H3/t17-,18+,19-,20-,21-,23+,25-,26-,27-/m0/s1. The number of carbonyl (C=O) groups is 1. The summed E-state index contributed by atoms with van der Waals surface area (Å²) in [6.07, 6.45) is 5.81. The van der Waals surface area contributed by atoms with E-state index in [9.17, 15) is 20.1 Å². The van der Waals surface area contributed by atoms with Gasteiger partial charge in [-0.05, 0) is 98.6 Å². The van der Waals surface area contributed by atoms with Crippen LogP contribution in [0, 0.1) is 34.5 Å². The zero-order chi connectivity index (χ0) is 24.6. The van der Waals surface area contributed by atoms with Crippen molar-refractivity contribution in [1.82, 2.24) is 0 Å². The van der Waals surface area contributed by atoms with Crippen LogP contribution in [0.5, 0.6) is 0 Å². The zero-order valence-corrected chi connectivity index (χ0v) is 23.0. The second-order valence-electron chi connectivity index (χ2n) is 14.1. The zero-order valence-electron chi connectivity index (χ0n) is 22.0. The number of fused-ring (bicyclic) bond motifs is 5. The lowest BCUT2D eigenvalue weighted by Gasteiger charge is -2.62. The summed E-state index contributed by atoms with van der Waals surface area (Å²) in [6, 6.07) is 0. The highest BCUT2D eigenvalue weighted by atomic mass is 28.4. The molecule has 0 aromatic rings. The first-order chi connectivity index (χ1) is 15.1. The Labute approximate surface area is 201 Å². The third-order valence-corrected chi connectivity index (χ3v) is 16.0. The third kappa shape index (κ3) is 3.81. The fourth-order valence-corrected chi connectivity index (χ4v) is 9.33. The second kappa shape index (κ2) is 8.12. The van der Waals surface area contributed by atoms with E-state index in [4.69, 9.17) is 4.43 Å². The highest BCUT2D eigenvalue weighted by Crippen LogP contribution is 2.68. The van der Waals surface area contributed by atoms with Gasteiger partial charge in [-0.1, -0.05) is 34.6 Å². The molecule has 4 rings (SSSR count). The number of hydrogen-bond donors (Lipinski definition) is 3. The Kier molecular flexibility index (Phi) is 6.35. The van der Waals surface area contributed by atoms with Crippen LogP contribution >= 0.6 is 0 Å². The normalized spacial score (nSPS) is 48.1. The van der Waals surface area contributed by atoms with Crippen molar-refractivity contribution < 1.29 is 24.5 Å². The number of Topliss-reactive ketones (excluding diaryl/α,β-unsaturated/α-hetero) is 1. The van der Waals surface area contributed by atoms with Gasteiger partial charge >= 0.3 is 0 Å². The molecule has 0 aromatic carbocycles. The van der Waals surface area contributed by atoms with Gasteiger partial charge in [0.25, 0.3) is 0 Å². The topological polar surface area (TPSA) is 87.0 Å². The van der Waals surface area contributed by atoms with Crippen LogP contribution in [0.1, 0.15) is 86.0 Å². The molecule has 0 bridgehead atoms. The number of aliphatic hydroxyl groups excluding tert-OH is 2. The van der Waals surface area contributed by atoms with Crippen LogP contribution in [0.3, 0.4) is 0 Å². The maximum absolute atomic E-state index is 13.5. The van der Waals surface area contributed by atoms with Crippen LogP contribution in [0.4, 0.5) is 0 Å². The fourth-order valence-electron chi connectivity index (χ4n) is 8.41. The molecule has 5 nitrogen and oxygen atoms in total. The average Bonchev–Trinajstić information content (AvgIpc) is 2.97. The molecule has 0 saturated heterocycles. The molecule has 0 radical (unpaired) electrons. The molecule has 0 amide bonds. The predicted molar refractivity (Wildman–Crippen MR) is 132 cm³/mol. The van der Waals surface area contributed by atoms with Gasteiger partial charge in [-0.15, -0.1) is 0 Å². The van der Waals surface area contributed by atoms with Crippen LogP contribution in [0.25, 0.3) is 0 Å². The summed E-state index contributed by atoms with van der Waals surface area (Å²) in [4.78, 5) is 13.5. The molecule has 0 unspecified atom stereocenters. The molecule has 3 N–H and O–H groups in total. The van der Waals surface area contributed by atoms with Crippen LogP contribution in [0.2, 0.25) is 18.1 Å². The maximum atomic E-state index is 13.5. The molecule has 4 aliphatic rings. The minimum atomic E-state index is -2.10. The van der Waals surface area contributed by atoms with Crippen molar-refractivity contribution >= 4 is 14.1 Å². The molecule has 0 spiro atoms. The number of aliphatic hydroxyl groups is 3. The van der Waals surface area contributed by atoms with E-state index in [1.54, 1.807) is 0 Å². The number of hydrogen-bond acceptors (Lipinski definition) is 5. The lowest BCUT2D eigenvalue weighted by molar-refractivity contribution is -0.202. The lowest BCUT2D eigenvalue weighted by atomic mass is 9.43. The molecule has 4 saturated carbocycles.